The van der Waals surface area contributed by atoms with Gasteiger partial charge < -0.3 is 50.8 Å². The molecule has 6 N–H and O–H groups in total. The number of ether oxygens (including phenoxy) is 4. The molecule has 12 heterocycles. The van der Waals surface area contributed by atoms with Crippen molar-refractivity contribution in [3.63, 3.8) is 0 Å². The number of thioether (sulfide) groups is 4. The molecular formula is C116H122N24O5S4. The lowest BCUT2D eigenvalue weighted by atomic mass is 10.0. The first-order chi connectivity index (χ1) is 72.5. The van der Waals surface area contributed by atoms with E-state index in [-0.39, 0.29) is 12.1 Å². The van der Waals surface area contributed by atoms with E-state index in [1.54, 1.807) is 59.2 Å². The number of nitrogens with two attached hydrogens (primary N) is 1. The molecule has 8 aromatic carbocycles. The Morgan fingerprint density at radius 2 is 0.631 bits per heavy atom. The number of likely N-dealkylation sites (tertiary alicyclic amines) is 4. The first kappa shape index (κ1) is 106. The van der Waals surface area contributed by atoms with Crippen LogP contribution in [-0.4, -0.2) is 165 Å². The number of carbonyl (C=O) groups excluding carboxylic acids is 1. The third kappa shape index (κ3) is 27.8. The number of nitrogens with zero attached hydrogens (tertiary/aromatic N) is 19. The zero-order valence-corrected chi connectivity index (χ0v) is 88.8. The average Bonchev–Trinajstić information content (AvgIpc) is 0.797. The van der Waals surface area contributed by atoms with Crippen molar-refractivity contribution in [1.29, 1.82) is 31.6 Å². The van der Waals surface area contributed by atoms with Crippen LogP contribution < -0.4 is 45.9 Å². The number of nitriles is 6. The number of aryl methyl sites for hydroxylation is 12. The van der Waals surface area contributed by atoms with E-state index in [2.05, 4.69) is 94.3 Å². The van der Waals surface area contributed by atoms with Crippen LogP contribution in [0.4, 0.5) is 29.5 Å². The maximum Gasteiger partial charge on any atom is 0.248 e. The topological polar surface area (TPSA) is 391 Å². The van der Waals surface area contributed by atoms with Gasteiger partial charge in [-0.2, -0.15) is 51.5 Å². The number of anilines is 4. The van der Waals surface area contributed by atoms with Crippen molar-refractivity contribution in [2.24, 2.45) is 5.73 Å². The molecule has 33 heteroatoms. The minimum atomic E-state index is -0.401. The zero-order chi connectivity index (χ0) is 104. The summed E-state index contributed by atoms with van der Waals surface area (Å²) in [4.78, 5) is 67.6. The van der Waals surface area contributed by atoms with Crippen LogP contribution in [0.1, 0.15) is 210 Å². The Hall–Kier alpha value is -14.4. The van der Waals surface area contributed by atoms with Gasteiger partial charge in [0.25, 0.3) is 0 Å². The van der Waals surface area contributed by atoms with Gasteiger partial charge >= 0.3 is 0 Å². The molecule has 4 saturated heterocycles. The lowest BCUT2D eigenvalue weighted by molar-refractivity contribution is 0.1000. The predicted octanol–water partition coefficient (Wildman–Crippen LogP) is 22.9. The van der Waals surface area contributed by atoms with Crippen LogP contribution in [0.3, 0.4) is 0 Å². The molecule has 0 radical (unpaired) electrons. The van der Waals surface area contributed by atoms with Gasteiger partial charge in [-0.05, 0) is 333 Å². The quantitative estimate of drug-likeness (QED) is 0.0332. The van der Waals surface area contributed by atoms with E-state index in [1.807, 2.05) is 177 Å². The number of carbonyl (C=O) groups is 1. The molecule has 0 saturated carbocycles. The second-order valence-electron chi connectivity index (χ2n) is 39.1. The van der Waals surface area contributed by atoms with Gasteiger partial charge in [-0.25, -0.2) is 24.8 Å². The maximum absolute atomic E-state index is 11.3. The van der Waals surface area contributed by atoms with E-state index < -0.39 is 5.91 Å². The highest BCUT2D eigenvalue weighted by atomic mass is 32.2. The monoisotopic (exact) mass is 2060 g/mol. The van der Waals surface area contributed by atoms with E-state index in [9.17, 15) is 25.8 Å². The minimum Gasteiger partial charge on any atom is -0.437 e. The molecule has 0 bridgehead atoms. The molecule has 8 aliphatic rings. The third-order valence-corrected chi connectivity index (χ3v) is 32.5. The lowest BCUT2D eigenvalue weighted by Gasteiger charge is -2.32. The Morgan fingerprint density at radius 1 is 0.349 bits per heavy atom. The highest BCUT2D eigenvalue weighted by Crippen LogP contribution is 2.47. The van der Waals surface area contributed by atoms with Crippen molar-refractivity contribution in [3.8, 4) is 82.9 Å². The number of primary amides is 1. The summed E-state index contributed by atoms with van der Waals surface area (Å²) in [5, 5.41) is 69.7. The second-order valence-corrected chi connectivity index (χ2v) is 43.6. The van der Waals surface area contributed by atoms with E-state index in [0.29, 0.717) is 98.3 Å². The van der Waals surface area contributed by atoms with E-state index in [0.717, 1.165) is 325 Å². The summed E-state index contributed by atoms with van der Waals surface area (Å²) >= 11 is 7.02. The summed E-state index contributed by atoms with van der Waals surface area (Å²) in [6.07, 6.45) is 16.0. The van der Waals surface area contributed by atoms with Crippen LogP contribution in [0, 0.1) is 130 Å². The highest BCUT2D eigenvalue weighted by molar-refractivity contribution is 8.00. The minimum absolute atomic E-state index is 0.281. The smallest absolute Gasteiger partial charge is 0.248 e. The molecule has 1 amide bonds. The van der Waals surface area contributed by atoms with Gasteiger partial charge in [-0.15, -0.1) is 47.0 Å². The van der Waals surface area contributed by atoms with E-state index >= 15 is 0 Å². The SMILES string of the molecule is Cc1cc(C#N)cc(C)c1Oc1nc(NC2CCN(Cc3ccc(C#N)cc3)CC2)nc2c1SCCC2.Cc1cc(C#N)cc(C)c1Oc1nc(NC2CCN(Cc3ccc(C(N)=O)cc3)CC2)nc2c1SCCC2.Cc1cc(C#N)cc(C)c1Oc1nc(NC2CCN(Cc3cccc(C#N)c3)CC2)nc2c1SCCC2.[C-]#[N+]c1ccccc1CN1CCC(Nc2nc3c(c(Oc4c(C)cc(C#N)cc4C)n2)SCCC3)CC1. The summed E-state index contributed by atoms with van der Waals surface area (Å²) < 4.78 is 25.7. The number of amides is 1. The van der Waals surface area contributed by atoms with Crippen LogP contribution in [0.5, 0.6) is 46.5 Å². The molecule has 0 aliphatic carbocycles. The number of hydrogen-bond acceptors (Lipinski definition) is 31. The predicted molar refractivity (Wildman–Crippen MR) is 585 cm³/mol. The lowest BCUT2D eigenvalue weighted by Crippen LogP contribution is -2.39. The third-order valence-electron chi connectivity index (χ3n) is 27.8. The Labute approximate surface area is 889 Å². The first-order valence-corrected chi connectivity index (χ1v) is 55.1. The number of benzene rings is 8. The summed E-state index contributed by atoms with van der Waals surface area (Å²) in [6, 6.07) is 60.4. The van der Waals surface area contributed by atoms with Crippen LogP contribution >= 0.6 is 47.0 Å². The molecule has 4 fully saturated rings. The number of fused-ring (bicyclic) bond motifs is 4. The van der Waals surface area contributed by atoms with Crippen LogP contribution in [-0.2, 0) is 51.9 Å². The molecule has 12 aromatic rings. The fourth-order valence-electron chi connectivity index (χ4n) is 20.1. The van der Waals surface area contributed by atoms with Gasteiger partial charge in [-0.3, -0.25) is 19.5 Å². The Morgan fingerprint density at radius 3 is 0.919 bits per heavy atom. The molecular weight excluding hydrogens is 1940 g/mol. The van der Waals surface area contributed by atoms with Crippen molar-refractivity contribution in [1.82, 2.24) is 59.5 Å². The van der Waals surface area contributed by atoms with Gasteiger partial charge in [0.15, 0.2) is 5.69 Å². The van der Waals surface area contributed by atoms with Crippen molar-refractivity contribution in [2.45, 2.75) is 228 Å². The Balaban J connectivity index is 0.000000135. The fraction of sp³-hybridized carbons (Fsp3) is 0.379. The van der Waals surface area contributed by atoms with Gasteiger partial charge in [0.2, 0.25) is 53.2 Å². The molecule has 29 nitrogen and oxygen atoms in total. The van der Waals surface area contributed by atoms with E-state index in [4.69, 9.17) is 81.6 Å². The molecule has 149 heavy (non-hydrogen) atoms. The van der Waals surface area contributed by atoms with Crippen LogP contribution in [0.15, 0.2) is 165 Å². The largest absolute Gasteiger partial charge is 0.437 e. The van der Waals surface area contributed by atoms with Crippen molar-refractivity contribution >= 4 is 82.4 Å². The molecule has 20 rings (SSSR count). The number of hydrogen-bond donors (Lipinski definition) is 5. The number of aromatic nitrogens is 8. The average molecular weight is 2060 g/mol. The first-order valence-electron chi connectivity index (χ1n) is 51.2. The zero-order valence-electron chi connectivity index (χ0n) is 85.5. The van der Waals surface area contributed by atoms with Gasteiger partial charge in [0.1, 0.15) is 23.0 Å². The standard InChI is InChI=1S/C29H32N6O2S.3C29H30N6OS/c1-18-14-21(16-30)15-19(2)25(18)37-28-26-24(4-3-13-38-26)33-29(34-28)32-23-9-11-35(12-10-23)17-20-5-7-22(8-6-20)27(31)36;1-19-15-21(17-30)16-20(2)26(19)36-28-27-25(9-6-14-37-27)33-29(34-28)32-23-10-12-35(13-11-23)18-22-7-4-5-8-24(22)31-3;1-19-13-23(17-31)14-20(2)26(19)36-28-27-25(7-4-12-37-27)33-29(34-28)32-24-8-10-35(11-9-24)18-22-6-3-5-21(15-22)16-30;1-19-14-23(17-31)15-20(2)26(19)36-28-27-25(4-3-13-37-27)33-29(34-28)32-24-9-11-35(12-10-24)18-22-7-5-21(16-30)6-8-22/h5-8,14-15,23H,3-4,9-13,17H2,1-2H3,(H2,31,36)(H,32,33,34);4-5,7-8,15-16,23H,6,9-14,18H2,1-2H3,(H,32,33,34);3,5-6,13-15,24H,4,7-12,18H2,1-2H3,(H,32,33,34);5-8,14-15,24H,3-4,9-13,18H2,1-2H3,(H,32,33,34). The number of rotatable bonds is 25. The molecule has 760 valence electrons. The molecule has 0 unspecified atom stereocenters. The fourth-order valence-corrected chi connectivity index (χ4v) is 24.1. The summed E-state index contributed by atoms with van der Waals surface area (Å²) in [5.41, 5.74) is 26.8. The maximum atomic E-state index is 11.3. The highest BCUT2D eigenvalue weighted by Gasteiger charge is 2.33. The molecule has 8 aliphatic heterocycles. The van der Waals surface area contributed by atoms with Crippen molar-refractivity contribution in [2.75, 3.05) is 96.6 Å². The Bertz CT molecular complexity index is 7120. The molecule has 0 atom stereocenters. The second kappa shape index (κ2) is 50.5. The van der Waals surface area contributed by atoms with Gasteiger partial charge in [0.05, 0.1) is 119 Å². The molecule has 4 aromatic heterocycles. The van der Waals surface area contributed by atoms with Crippen LogP contribution in [0.25, 0.3) is 4.85 Å². The normalized spacial score (nSPS) is 15.9. The number of para-hydroxylation sites is 1. The molecule has 0 spiro atoms. The summed E-state index contributed by atoms with van der Waals surface area (Å²) in [6.45, 7) is 34.3. The van der Waals surface area contributed by atoms with Crippen LogP contribution in [0.2, 0.25) is 0 Å². The summed E-state index contributed by atoms with van der Waals surface area (Å²) in [7, 11) is 0. The van der Waals surface area contributed by atoms with E-state index in [1.165, 1.54) is 16.7 Å². The van der Waals surface area contributed by atoms with Crippen molar-refractivity contribution < 1.29 is 23.7 Å². The van der Waals surface area contributed by atoms with Gasteiger partial charge in [-0.1, -0.05) is 60.7 Å². The van der Waals surface area contributed by atoms with Gasteiger partial charge in [0, 0.05) is 108 Å². The number of piperidine rings is 4. The van der Waals surface area contributed by atoms with Crippen molar-refractivity contribution in [3.05, 3.63) is 285 Å². The number of nitrogens with one attached hydrogen (secondary N) is 4. The Kier molecular flexibility index (Phi) is 35.9. The summed E-state index contributed by atoms with van der Waals surface area (Å²) in [5.74, 6) is 11.6.